The normalized spacial score (nSPS) is 10.5. The number of nitrogens with zero attached hydrogens (tertiary/aromatic N) is 2. The zero-order valence-corrected chi connectivity index (χ0v) is 26.9. The Hall–Kier alpha value is -3.84. The Bertz CT molecular complexity index is 1290. The number of esters is 1. The molecule has 0 atom stereocenters. The fourth-order valence-corrected chi connectivity index (χ4v) is 4.96. The molecule has 1 aromatic carbocycles. The van der Waals surface area contributed by atoms with Crippen LogP contribution >= 0.6 is 22.7 Å². The Kier molecular flexibility index (Phi) is 15.9. The highest BCUT2D eigenvalue weighted by atomic mass is 32.1. The summed E-state index contributed by atoms with van der Waals surface area (Å²) in [6, 6.07) is 9.47. The van der Waals surface area contributed by atoms with Crippen LogP contribution in [0.4, 0.5) is 15.1 Å². The van der Waals surface area contributed by atoms with Crippen LogP contribution in [-0.4, -0.2) is 47.5 Å². The van der Waals surface area contributed by atoms with Gasteiger partial charge in [0.05, 0.1) is 7.11 Å². The minimum absolute atomic E-state index is 0.107. The second-order valence-corrected chi connectivity index (χ2v) is 12.2. The topological polar surface area (TPSA) is 149 Å². The molecule has 2 heterocycles. The largest absolute Gasteiger partial charge is 0.469 e. The molecule has 3 rings (SSSR count). The first kappa shape index (κ1) is 35.4. The van der Waals surface area contributed by atoms with E-state index in [0.29, 0.717) is 54.3 Å². The molecule has 0 aliphatic carbocycles. The Balaban J connectivity index is 0.000000317. The molecule has 43 heavy (non-hydrogen) atoms. The van der Waals surface area contributed by atoms with Gasteiger partial charge in [0.25, 0.3) is 0 Å². The molecule has 0 radical (unpaired) electrons. The van der Waals surface area contributed by atoms with Crippen molar-refractivity contribution in [2.75, 3.05) is 24.3 Å². The van der Waals surface area contributed by atoms with Crippen molar-refractivity contribution >= 4 is 56.8 Å². The number of rotatable bonds is 14. The Morgan fingerprint density at radius 3 is 1.81 bits per heavy atom. The van der Waals surface area contributed by atoms with Gasteiger partial charge in [-0.05, 0) is 30.2 Å². The monoisotopic (exact) mass is 631 g/mol. The van der Waals surface area contributed by atoms with Gasteiger partial charge in [0.15, 0.2) is 10.3 Å². The highest BCUT2D eigenvalue weighted by Crippen LogP contribution is 2.26. The highest BCUT2D eigenvalue weighted by Gasteiger charge is 2.11. The number of anilines is 2. The van der Waals surface area contributed by atoms with Crippen LogP contribution in [0, 0.1) is 0 Å². The summed E-state index contributed by atoms with van der Waals surface area (Å²) in [4.78, 5) is 56.5. The third-order valence-corrected chi connectivity index (χ3v) is 8.18. The van der Waals surface area contributed by atoms with Gasteiger partial charge in [0.1, 0.15) is 6.61 Å². The molecule has 0 unspecified atom stereocenters. The Morgan fingerprint density at radius 2 is 1.33 bits per heavy atom. The van der Waals surface area contributed by atoms with Crippen molar-refractivity contribution in [3.8, 4) is 0 Å². The molecule has 13 heteroatoms. The summed E-state index contributed by atoms with van der Waals surface area (Å²) in [6.45, 7) is 8.94. The van der Waals surface area contributed by atoms with Gasteiger partial charge in [0, 0.05) is 48.0 Å². The number of hydrogen-bond donors (Lipinski definition) is 3. The second kappa shape index (κ2) is 19.4. The lowest BCUT2D eigenvalue weighted by Crippen LogP contribution is -2.26. The quantitative estimate of drug-likeness (QED) is 0.136. The Labute approximate surface area is 260 Å². The molecule has 0 fully saturated rings. The summed E-state index contributed by atoms with van der Waals surface area (Å²) in [7, 11) is 1.34. The van der Waals surface area contributed by atoms with Gasteiger partial charge in [-0.2, -0.15) is 0 Å². The Morgan fingerprint density at radius 1 is 0.791 bits per heavy atom. The molecule has 3 N–H and O–H groups in total. The van der Waals surface area contributed by atoms with Crippen molar-refractivity contribution < 1.29 is 28.7 Å². The lowest BCUT2D eigenvalue weighted by atomic mass is 10.2. The SMILES string of the molecule is CC(C)c1cnc(NC(=O)CCCNC(=O)OCc2ccccc2)s1.COC(=O)CCCC(=O)Nc1ncc(C(C)C)s1. The minimum Gasteiger partial charge on any atom is -0.469 e. The molecule has 0 spiro atoms. The van der Waals surface area contributed by atoms with Gasteiger partial charge in [0.2, 0.25) is 11.8 Å². The van der Waals surface area contributed by atoms with Crippen LogP contribution in [-0.2, 0) is 30.5 Å². The zero-order chi connectivity index (χ0) is 31.6. The van der Waals surface area contributed by atoms with Crippen LogP contribution in [0.25, 0.3) is 0 Å². The summed E-state index contributed by atoms with van der Waals surface area (Å²) in [5.74, 6) is 0.286. The van der Waals surface area contributed by atoms with Crippen LogP contribution < -0.4 is 16.0 Å². The maximum absolute atomic E-state index is 11.9. The fraction of sp³-hybridized carbons (Fsp3) is 0.467. The van der Waals surface area contributed by atoms with Crippen molar-refractivity contribution in [1.29, 1.82) is 0 Å². The molecule has 0 aliphatic heterocycles. The lowest BCUT2D eigenvalue weighted by molar-refractivity contribution is -0.140. The number of aromatic nitrogens is 2. The summed E-state index contributed by atoms with van der Waals surface area (Å²) >= 11 is 2.96. The average molecular weight is 632 g/mol. The van der Waals surface area contributed by atoms with Crippen LogP contribution in [0.15, 0.2) is 42.7 Å². The number of amides is 3. The van der Waals surface area contributed by atoms with Gasteiger partial charge in [-0.3, -0.25) is 14.4 Å². The van der Waals surface area contributed by atoms with E-state index < -0.39 is 6.09 Å². The van der Waals surface area contributed by atoms with E-state index in [-0.39, 0.29) is 30.8 Å². The van der Waals surface area contributed by atoms with Crippen molar-refractivity contribution in [1.82, 2.24) is 15.3 Å². The predicted molar refractivity (Wildman–Crippen MR) is 169 cm³/mol. The third-order valence-electron chi connectivity index (χ3n) is 5.75. The summed E-state index contributed by atoms with van der Waals surface area (Å²) in [6.07, 6.45) is 4.98. The van der Waals surface area contributed by atoms with Gasteiger partial charge in [-0.15, -0.1) is 22.7 Å². The number of alkyl carbamates (subject to hydrolysis) is 1. The second-order valence-electron chi connectivity index (χ2n) is 10.1. The summed E-state index contributed by atoms with van der Waals surface area (Å²) < 4.78 is 9.60. The number of benzene rings is 1. The molecule has 234 valence electrons. The van der Waals surface area contributed by atoms with E-state index in [2.05, 4.69) is 58.4 Å². The minimum atomic E-state index is -0.481. The van der Waals surface area contributed by atoms with E-state index in [1.165, 1.54) is 29.8 Å². The van der Waals surface area contributed by atoms with Gasteiger partial charge in [-0.1, -0.05) is 58.0 Å². The summed E-state index contributed by atoms with van der Waals surface area (Å²) in [5.41, 5.74) is 0.932. The van der Waals surface area contributed by atoms with E-state index in [9.17, 15) is 19.2 Å². The molecule has 3 aromatic rings. The van der Waals surface area contributed by atoms with Crippen LogP contribution in [0.3, 0.4) is 0 Å². The van der Waals surface area contributed by atoms with Crippen molar-refractivity contribution in [3.63, 3.8) is 0 Å². The van der Waals surface area contributed by atoms with Crippen molar-refractivity contribution in [2.45, 2.75) is 78.2 Å². The average Bonchev–Trinajstić information content (AvgIpc) is 3.65. The van der Waals surface area contributed by atoms with Crippen LogP contribution in [0.5, 0.6) is 0 Å². The lowest BCUT2D eigenvalue weighted by Gasteiger charge is -2.07. The molecule has 11 nitrogen and oxygen atoms in total. The molecule has 0 aliphatic rings. The molecular weight excluding hydrogens is 590 g/mol. The number of carbonyl (C=O) groups excluding carboxylic acids is 4. The van der Waals surface area contributed by atoms with Crippen molar-refractivity contribution in [2.24, 2.45) is 0 Å². The van der Waals surface area contributed by atoms with Gasteiger partial charge < -0.3 is 25.4 Å². The number of methoxy groups -OCH3 is 1. The van der Waals surface area contributed by atoms with E-state index in [4.69, 9.17) is 4.74 Å². The fourth-order valence-electron chi connectivity index (χ4n) is 3.30. The van der Waals surface area contributed by atoms with Crippen LogP contribution in [0.2, 0.25) is 0 Å². The van der Waals surface area contributed by atoms with Crippen LogP contribution in [0.1, 0.15) is 87.0 Å². The molecular formula is C30H41N5O6S2. The first-order chi connectivity index (χ1) is 20.6. The number of carbonyl (C=O) groups is 4. The first-order valence-corrected chi connectivity index (χ1v) is 15.7. The molecule has 0 saturated carbocycles. The standard InChI is InChI=1S/C18H23N3O3S.C12H18N2O3S/c1-13(2)15-11-20-17(25-15)21-16(22)9-6-10-19-18(23)24-12-14-7-4-3-5-8-14;1-8(2)9-7-13-12(18-9)14-10(15)5-4-6-11(16)17-3/h3-5,7-8,11,13H,6,9-10,12H2,1-2H3,(H,19,23)(H,20,21,22);7-8H,4-6H2,1-3H3,(H,13,14,15). The maximum atomic E-state index is 11.9. The molecule has 0 bridgehead atoms. The smallest absolute Gasteiger partial charge is 0.407 e. The summed E-state index contributed by atoms with van der Waals surface area (Å²) in [5, 5.41) is 9.37. The number of ether oxygens (including phenoxy) is 2. The van der Waals surface area contributed by atoms with E-state index in [1.807, 2.05) is 30.3 Å². The predicted octanol–water partition coefficient (Wildman–Crippen LogP) is 6.46. The number of hydrogen-bond acceptors (Lipinski definition) is 10. The van der Waals surface area contributed by atoms with E-state index in [0.717, 1.165) is 15.3 Å². The number of thiazole rings is 2. The molecule has 0 saturated heterocycles. The third kappa shape index (κ3) is 14.8. The van der Waals surface area contributed by atoms with E-state index in [1.54, 1.807) is 12.4 Å². The zero-order valence-electron chi connectivity index (χ0n) is 25.3. The molecule has 2 aromatic heterocycles. The van der Waals surface area contributed by atoms with Crippen molar-refractivity contribution in [3.05, 3.63) is 58.0 Å². The molecule has 3 amide bonds. The number of nitrogens with one attached hydrogen (secondary N) is 3. The van der Waals surface area contributed by atoms with Gasteiger partial charge >= 0.3 is 12.1 Å². The maximum Gasteiger partial charge on any atom is 0.407 e. The first-order valence-electron chi connectivity index (χ1n) is 14.1. The van der Waals surface area contributed by atoms with E-state index >= 15 is 0 Å². The van der Waals surface area contributed by atoms with Gasteiger partial charge in [-0.25, -0.2) is 14.8 Å². The highest BCUT2D eigenvalue weighted by molar-refractivity contribution is 7.16.